The van der Waals surface area contributed by atoms with Crippen LogP contribution in [0.15, 0.2) is 0 Å². The summed E-state index contributed by atoms with van der Waals surface area (Å²) in [6.45, 7) is 18.0. The van der Waals surface area contributed by atoms with Crippen LogP contribution in [0.4, 0.5) is 0 Å². The lowest BCUT2D eigenvalue weighted by molar-refractivity contribution is 0.0824. The van der Waals surface area contributed by atoms with Crippen LogP contribution in [-0.4, -0.2) is 0 Å². The third-order valence-electron chi connectivity index (χ3n) is 3.57. The van der Waals surface area contributed by atoms with Crippen molar-refractivity contribution in [2.75, 3.05) is 0 Å². The maximum absolute atomic E-state index is 4.07. The van der Waals surface area contributed by atoms with E-state index in [1.807, 2.05) is 0 Å². The summed E-state index contributed by atoms with van der Waals surface area (Å²) in [6.07, 6.45) is 2.46. The van der Waals surface area contributed by atoms with Crippen LogP contribution in [0, 0.1) is 23.7 Å². The summed E-state index contributed by atoms with van der Waals surface area (Å²) in [5.41, 5.74) is 0.835. The maximum atomic E-state index is 4.07. The summed E-state index contributed by atoms with van der Waals surface area (Å²) in [5.74, 6) is 0.561. The SMILES string of the molecule is [CH2]C(C)CC(C)(C)C(C)(C)CC. The van der Waals surface area contributed by atoms with Gasteiger partial charge in [-0.3, -0.25) is 0 Å². The zero-order valence-electron chi connectivity index (χ0n) is 9.70. The topological polar surface area (TPSA) is 0 Å². The molecule has 12 heavy (non-hydrogen) atoms. The molecule has 0 saturated heterocycles. The van der Waals surface area contributed by atoms with Gasteiger partial charge >= 0.3 is 0 Å². The van der Waals surface area contributed by atoms with Gasteiger partial charge in [0, 0.05) is 0 Å². The predicted molar refractivity (Wildman–Crippen MR) is 57.0 cm³/mol. The summed E-state index contributed by atoms with van der Waals surface area (Å²) in [5, 5.41) is 0. The molecule has 0 nitrogen and oxygen atoms in total. The van der Waals surface area contributed by atoms with Gasteiger partial charge in [0.2, 0.25) is 0 Å². The molecule has 0 heteroatoms. The summed E-state index contributed by atoms with van der Waals surface area (Å²) in [4.78, 5) is 0. The molecular formula is C12H25. The van der Waals surface area contributed by atoms with E-state index in [9.17, 15) is 0 Å². The van der Waals surface area contributed by atoms with Crippen LogP contribution >= 0.6 is 0 Å². The van der Waals surface area contributed by atoms with Crippen molar-refractivity contribution in [1.82, 2.24) is 0 Å². The lowest BCUT2D eigenvalue weighted by atomic mass is 9.63. The lowest BCUT2D eigenvalue weighted by Crippen LogP contribution is -2.33. The van der Waals surface area contributed by atoms with Gasteiger partial charge in [0.1, 0.15) is 0 Å². The van der Waals surface area contributed by atoms with Crippen molar-refractivity contribution in [3.63, 3.8) is 0 Å². The Morgan fingerprint density at radius 2 is 1.50 bits per heavy atom. The zero-order chi connectivity index (χ0) is 9.99. The first kappa shape index (κ1) is 12.0. The van der Waals surface area contributed by atoms with Crippen molar-refractivity contribution in [3.8, 4) is 0 Å². The Kier molecular flexibility index (Phi) is 3.81. The molecule has 0 spiro atoms. The molecule has 1 unspecified atom stereocenters. The Morgan fingerprint density at radius 1 is 1.08 bits per heavy atom. The molecule has 0 bridgehead atoms. The molecule has 0 rings (SSSR count). The molecule has 0 aromatic carbocycles. The van der Waals surface area contributed by atoms with E-state index in [1.165, 1.54) is 12.8 Å². The van der Waals surface area contributed by atoms with E-state index in [2.05, 4.69) is 48.5 Å². The minimum atomic E-state index is 0.406. The molecule has 0 aromatic rings. The number of hydrogen-bond donors (Lipinski definition) is 0. The minimum Gasteiger partial charge on any atom is -0.0649 e. The van der Waals surface area contributed by atoms with Gasteiger partial charge in [-0.2, -0.15) is 0 Å². The monoisotopic (exact) mass is 169 g/mol. The largest absolute Gasteiger partial charge is 0.0649 e. The Morgan fingerprint density at radius 3 is 1.75 bits per heavy atom. The number of hydrogen-bond acceptors (Lipinski definition) is 0. The van der Waals surface area contributed by atoms with E-state index < -0.39 is 0 Å². The second-order valence-corrected chi connectivity index (χ2v) is 5.43. The molecule has 0 heterocycles. The van der Waals surface area contributed by atoms with Crippen LogP contribution in [-0.2, 0) is 0 Å². The highest BCUT2D eigenvalue weighted by Crippen LogP contribution is 2.45. The lowest BCUT2D eigenvalue weighted by Gasteiger charge is -2.42. The summed E-state index contributed by atoms with van der Waals surface area (Å²) < 4.78 is 0. The molecule has 0 aliphatic rings. The predicted octanol–water partition coefficient (Wildman–Crippen LogP) is 4.31. The van der Waals surface area contributed by atoms with Crippen molar-refractivity contribution >= 4 is 0 Å². The average Bonchev–Trinajstić information content (AvgIpc) is 1.84. The summed E-state index contributed by atoms with van der Waals surface area (Å²) in [7, 11) is 0. The van der Waals surface area contributed by atoms with Gasteiger partial charge in [0.05, 0.1) is 0 Å². The molecule has 0 N–H and O–H groups in total. The van der Waals surface area contributed by atoms with Crippen LogP contribution in [0.1, 0.15) is 54.4 Å². The Balaban J connectivity index is 4.37. The molecular weight excluding hydrogens is 144 g/mol. The highest BCUT2D eigenvalue weighted by Gasteiger charge is 2.35. The second-order valence-electron chi connectivity index (χ2n) is 5.43. The van der Waals surface area contributed by atoms with E-state index in [1.54, 1.807) is 0 Å². The van der Waals surface area contributed by atoms with E-state index >= 15 is 0 Å². The summed E-state index contributed by atoms with van der Waals surface area (Å²) >= 11 is 0. The fourth-order valence-electron chi connectivity index (χ4n) is 1.63. The fourth-order valence-corrected chi connectivity index (χ4v) is 1.63. The van der Waals surface area contributed by atoms with Crippen LogP contribution in [0.25, 0.3) is 0 Å². The smallest absolute Gasteiger partial charge is 0.0301 e. The normalized spacial score (nSPS) is 14.0. The van der Waals surface area contributed by atoms with Crippen LogP contribution < -0.4 is 0 Å². The minimum absolute atomic E-state index is 0.406. The first-order valence-corrected chi connectivity index (χ1v) is 5.06. The van der Waals surface area contributed by atoms with Crippen LogP contribution in [0.5, 0.6) is 0 Å². The van der Waals surface area contributed by atoms with Gasteiger partial charge in [-0.15, -0.1) is 0 Å². The molecule has 0 amide bonds. The Hall–Kier alpha value is 0. The molecule has 73 valence electrons. The van der Waals surface area contributed by atoms with Gasteiger partial charge in [-0.1, -0.05) is 54.9 Å². The molecule has 0 aromatic heterocycles. The van der Waals surface area contributed by atoms with E-state index in [4.69, 9.17) is 0 Å². The van der Waals surface area contributed by atoms with E-state index in [0.29, 0.717) is 16.7 Å². The molecule has 1 radical (unpaired) electrons. The average molecular weight is 169 g/mol. The van der Waals surface area contributed by atoms with Gasteiger partial charge in [0.15, 0.2) is 0 Å². The van der Waals surface area contributed by atoms with Gasteiger partial charge in [-0.05, 0) is 23.2 Å². The Labute approximate surface area is 78.8 Å². The highest BCUT2D eigenvalue weighted by molar-refractivity contribution is 4.86. The molecule has 0 fully saturated rings. The zero-order valence-corrected chi connectivity index (χ0v) is 9.70. The van der Waals surface area contributed by atoms with Gasteiger partial charge < -0.3 is 0 Å². The van der Waals surface area contributed by atoms with Crippen LogP contribution in [0.3, 0.4) is 0 Å². The van der Waals surface area contributed by atoms with E-state index in [-0.39, 0.29) is 0 Å². The standard InChI is InChI=1S/C12H25/c1-8-11(4,5)12(6,7)9-10(2)3/h10H,2,8-9H2,1,3-7H3. The molecule has 1 atom stereocenters. The first-order chi connectivity index (χ1) is 5.23. The third kappa shape index (κ3) is 2.80. The van der Waals surface area contributed by atoms with Crippen molar-refractivity contribution < 1.29 is 0 Å². The van der Waals surface area contributed by atoms with E-state index in [0.717, 1.165) is 0 Å². The molecule has 0 saturated carbocycles. The fraction of sp³-hybridized carbons (Fsp3) is 0.917. The van der Waals surface area contributed by atoms with Gasteiger partial charge in [-0.25, -0.2) is 0 Å². The number of rotatable bonds is 4. The van der Waals surface area contributed by atoms with Crippen LogP contribution in [0.2, 0.25) is 0 Å². The maximum Gasteiger partial charge on any atom is -0.0301 e. The quantitative estimate of drug-likeness (QED) is 0.588. The van der Waals surface area contributed by atoms with Crippen molar-refractivity contribution in [1.29, 1.82) is 0 Å². The first-order valence-electron chi connectivity index (χ1n) is 5.06. The van der Waals surface area contributed by atoms with Crippen molar-refractivity contribution in [2.45, 2.75) is 54.4 Å². The summed E-state index contributed by atoms with van der Waals surface area (Å²) in [6, 6.07) is 0. The molecule has 0 aliphatic carbocycles. The Bertz CT molecular complexity index is 129. The van der Waals surface area contributed by atoms with Crippen molar-refractivity contribution in [2.24, 2.45) is 16.7 Å². The second kappa shape index (κ2) is 3.81. The van der Waals surface area contributed by atoms with Gasteiger partial charge in [0.25, 0.3) is 0 Å². The molecule has 0 aliphatic heterocycles. The van der Waals surface area contributed by atoms with Crippen molar-refractivity contribution in [3.05, 3.63) is 6.92 Å². The highest BCUT2D eigenvalue weighted by atomic mass is 14.4. The third-order valence-corrected chi connectivity index (χ3v) is 3.57.